The van der Waals surface area contributed by atoms with Gasteiger partial charge in [0.2, 0.25) is 11.9 Å². The number of hydrogen-bond acceptors (Lipinski definition) is 5. The van der Waals surface area contributed by atoms with Crippen molar-refractivity contribution in [2.75, 3.05) is 31.6 Å². The van der Waals surface area contributed by atoms with Crippen LogP contribution >= 0.6 is 0 Å². The molecule has 3 heterocycles. The van der Waals surface area contributed by atoms with Crippen molar-refractivity contribution in [2.24, 2.45) is 11.8 Å². The van der Waals surface area contributed by atoms with Crippen LogP contribution in [0, 0.1) is 11.8 Å². The summed E-state index contributed by atoms with van der Waals surface area (Å²) in [4.78, 5) is 23.6. The molecule has 0 aromatic carbocycles. The lowest BCUT2D eigenvalue weighted by atomic mass is 9.80. The van der Waals surface area contributed by atoms with Gasteiger partial charge in [-0.05, 0) is 25.2 Å². The summed E-state index contributed by atoms with van der Waals surface area (Å²) in [6, 6.07) is 0. The van der Waals surface area contributed by atoms with Crippen LogP contribution in [0.5, 0.6) is 0 Å². The Labute approximate surface area is 143 Å². The number of aromatic nitrogens is 2. The zero-order valence-corrected chi connectivity index (χ0v) is 14.5. The normalized spacial score (nSPS) is 26.0. The third-order valence-corrected chi connectivity index (χ3v) is 5.41. The molecule has 6 nitrogen and oxygen atoms in total. The second kappa shape index (κ2) is 5.99. The van der Waals surface area contributed by atoms with E-state index in [0.717, 1.165) is 42.6 Å². The number of hydrogen-bond donors (Lipinski definition) is 1. The molecule has 24 heavy (non-hydrogen) atoms. The average molecular weight is 330 g/mol. The fourth-order valence-corrected chi connectivity index (χ4v) is 3.78. The predicted octanol–water partition coefficient (Wildman–Crippen LogP) is 1.95. The second-order valence-corrected chi connectivity index (χ2v) is 7.83. The Morgan fingerprint density at radius 1 is 1.50 bits per heavy atom. The van der Waals surface area contributed by atoms with E-state index in [2.05, 4.69) is 10.3 Å². The standard InChI is InChI=1S/C18H26N4O2/c1-12(2)16(23)22-6-5-18(10-22)11-24-9-14-8-20-17(21-15(14)18)19-7-13-3-4-13/h8,12-13H,3-7,9-11H2,1-2H3,(H,19,20,21)/t18-/m1/s1. The molecule has 3 aliphatic rings. The number of fused-ring (bicyclic) bond motifs is 2. The molecule has 1 saturated carbocycles. The van der Waals surface area contributed by atoms with E-state index in [-0.39, 0.29) is 17.2 Å². The first-order chi connectivity index (χ1) is 11.6. The molecule has 130 valence electrons. The SMILES string of the molecule is CC(C)C(=O)N1CC[C@]2(COCc3cnc(NCC4CC4)nc32)C1. The van der Waals surface area contributed by atoms with Crippen LogP contribution < -0.4 is 5.32 Å². The number of carbonyl (C=O) groups is 1. The van der Waals surface area contributed by atoms with Crippen LogP contribution in [-0.2, 0) is 21.6 Å². The maximum atomic E-state index is 12.4. The van der Waals surface area contributed by atoms with Crippen LogP contribution in [0.2, 0.25) is 0 Å². The Morgan fingerprint density at radius 3 is 3.08 bits per heavy atom. The minimum atomic E-state index is -0.170. The molecule has 2 aliphatic heterocycles. The van der Waals surface area contributed by atoms with Crippen molar-refractivity contribution in [1.82, 2.24) is 14.9 Å². The Bertz CT molecular complexity index is 644. The highest BCUT2D eigenvalue weighted by Crippen LogP contribution is 2.39. The van der Waals surface area contributed by atoms with E-state index in [1.54, 1.807) is 0 Å². The summed E-state index contributed by atoms with van der Waals surface area (Å²) in [6.45, 7) is 7.57. The first-order valence-electron chi connectivity index (χ1n) is 9.04. The third kappa shape index (κ3) is 2.88. The quantitative estimate of drug-likeness (QED) is 0.914. The van der Waals surface area contributed by atoms with E-state index in [0.29, 0.717) is 19.8 Å². The van der Waals surface area contributed by atoms with Gasteiger partial charge in [-0.15, -0.1) is 0 Å². The predicted molar refractivity (Wildman–Crippen MR) is 90.6 cm³/mol. The van der Waals surface area contributed by atoms with Crippen LogP contribution in [0.1, 0.15) is 44.4 Å². The molecule has 6 heteroatoms. The lowest BCUT2D eigenvalue weighted by Crippen LogP contribution is -2.42. The molecule has 0 unspecified atom stereocenters. The van der Waals surface area contributed by atoms with Crippen molar-refractivity contribution in [3.8, 4) is 0 Å². The van der Waals surface area contributed by atoms with Gasteiger partial charge in [0.25, 0.3) is 0 Å². The number of nitrogens with one attached hydrogen (secondary N) is 1. The maximum absolute atomic E-state index is 12.4. The molecule has 1 amide bonds. The monoisotopic (exact) mass is 330 g/mol. The van der Waals surface area contributed by atoms with Gasteiger partial charge in [-0.25, -0.2) is 9.97 Å². The van der Waals surface area contributed by atoms with Crippen molar-refractivity contribution in [3.63, 3.8) is 0 Å². The first kappa shape index (κ1) is 15.8. The van der Waals surface area contributed by atoms with Crippen LogP contribution in [0.25, 0.3) is 0 Å². The van der Waals surface area contributed by atoms with E-state index in [4.69, 9.17) is 9.72 Å². The van der Waals surface area contributed by atoms with Crippen LogP contribution in [-0.4, -0.2) is 47.0 Å². The van der Waals surface area contributed by atoms with Gasteiger partial charge >= 0.3 is 0 Å². The fraction of sp³-hybridized carbons (Fsp3) is 0.722. The summed E-state index contributed by atoms with van der Waals surface area (Å²) in [5, 5.41) is 3.37. The van der Waals surface area contributed by atoms with Crippen molar-refractivity contribution in [1.29, 1.82) is 0 Å². The van der Waals surface area contributed by atoms with Gasteiger partial charge in [0.1, 0.15) is 0 Å². The third-order valence-electron chi connectivity index (χ3n) is 5.41. The molecule has 2 fully saturated rings. The molecule has 1 aromatic heterocycles. The number of nitrogens with zero attached hydrogens (tertiary/aromatic N) is 3. The smallest absolute Gasteiger partial charge is 0.225 e. The molecule has 1 atom stereocenters. The number of carbonyl (C=O) groups excluding carboxylic acids is 1. The summed E-state index contributed by atoms with van der Waals surface area (Å²) < 4.78 is 5.83. The van der Waals surface area contributed by atoms with Crippen molar-refractivity contribution in [3.05, 3.63) is 17.5 Å². The van der Waals surface area contributed by atoms with E-state index in [1.165, 1.54) is 12.8 Å². The molecule has 1 spiro atoms. The molecule has 1 aromatic rings. The molecule has 0 radical (unpaired) electrons. The van der Waals surface area contributed by atoms with Gasteiger partial charge in [-0.3, -0.25) is 4.79 Å². The van der Waals surface area contributed by atoms with Gasteiger partial charge in [0, 0.05) is 37.3 Å². The number of rotatable bonds is 4. The highest BCUT2D eigenvalue weighted by molar-refractivity contribution is 5.78. The summed E-state index contributed by atoms with van der Waals surface area (Å²) in [5.74, 6) is 1.76. The minimum Gasteiger partial charge on any atom is -0.376 e. The lowest BCUT2D eigenvalue weighted by Gasteiger charge is -2.34. The molecule has 4 rings (SSSR count). The van der Waals surface area contributed by atoms with Crippen LogP contribution in [0.15, 0.2) is 6.20 Å². The van der Waals surface area contributed by atoms with E-state index >= 15 is 0 Å². The lowest BCUT2D eigenvalue weighted by molar-refractivity contribution is -0.133. The van der Waals surface area contributed by atoms with Crippen molar-refractivity contribution < 1.29 is 9.53 Å². The summed E-state index contributed by atoms with van der Waals surface area (Å²) in [5.41, 5.74) is 1.98. The largest absolute Gasteiger partial charge is 0.376 e. The minimum absolute atomic E-state index is 0.0327. The number of amides is 1. The van der Waals surface area contributed by atoms with Gasteiger partial charge in [0.05, 0.1) is 24.3 Å². The molecular formula is C18H26N4O2. The van der Waals surface area contributed by atoms with Crippen molar-refractivity contribution >= 4 is 11.9 Å². The average Bonchev–Trinajstić information content (AvgIpc) is 3.32. The molecule has 1 saturated heterocycles. The summed E-state index contributed by atoms with van der Waals surface area (Å²) in [7, 11) is 0. The molecule has 1 aliphatic carbocycles. The Morgan fingerprint density at radius 2 is 2.33 bits per heavy atom. The highest BCUT2D eigenvalue weighted by Gasteiger charge is 2.46. The van der Waals surface area contributed by atoms with E-state index in [1.807, 2.05) is 24.9 Å². The Hall–Kier alpha value is -1.69. The fourth-order valence-electron chi connectivity index (χ4n) is 3.78. The number of ether oxygens (including phenoxy) is 1. The van der Waals surface area contributed by atoms with Gasteiger partial charge in [0.15, 0.2) is 0 Å². The zero-order valence-electron chi connectivity index (χ0n) is 14.5. The van der Waals surface area contributed by atoms with Crippen molar-refractivity contribution in [2.45, 2.75) is 45.1 Å². The highest BCUT2D eigenvalue weighted by atomic mass is 16.5. The zero-order chi connectivity index (χ0) is 16.7. The van der Waals surface area contributed by atoms with Crippen LogP contribution in [0.3, 0.4) is 0 Å². The van der Waals surface area contributed by atoms with Gasteiger partial charge < -0.3 is 15.0 Å². The van der Waals surface area contributed by atoms with Gasteiger partial charge in [-0.2, -0.15) is 0 Å². The maximum Gasteiger partial charge on any atom is 0.225 e. The first-order valence-corrected chi connectivity index (χ1v) is 9.04. The summed E-state index contributed by atoms with van der Waals surface area (Å²) in [6.07, 6.45) is 5.42. The molecule has 0 bridgehead atoms. The number of anilines is 1. The Kier molecular flexibility index (Phi) is 3.95. The molecular weight excluding hydrogens is 304 g/mol. The summed E-state index contributed by atoms with van der Waals surface area (Å²) >= 11 is 0. The van der Waals surface area contributed by atoms with E-state index < -0.39 is 0 Å². The van der Waals surface area contributed by atoms with E-state index in [9.17, 15) is 4.79 Å². The second-order valence-electron chi connectivity index (χ2n) is 7.83. The number of likely N-dealkylation sites (tertiary alicyclic amines) is 1. The topological polar surface area (TPSA) is 67.4 Å². The van der Waals surface area contributed by atoms with Crippen LogP contribution in [0.4, 0.5) is 5.95 Å². The van der Waals surface area contributed by atoms with Gasteiger partial charge in [-0.1, -0.05) is 13.8 Å². The Balaban J connectivity index is 1.57. The molecule has 1 N–H and O–H groups in total.